The van der Waals surface area contributed by atoms with Crippen molar-refractivity contribution in [2.24, 2.45) is 0 Å². The molecule has 11 N–H and O–H groups in total. The summed E-state index contributed by atoms with van der Waals surface area (Å²) in [6.45, 7) is 1.69. The molecule has 30 heteroatoms. The molecule has 0 bridgehead atoms. The quantitative estimate of drug-likeness (QED) is 0.0817. The van der Waals surface area contributed by atoms with E-state index in [4.69, 9.17) is 76.3 Å². The number of halogens is 5. The zero-order valence-electron chi connectivity index (χ0n) is 14.7. The molecule has 0 saturated carbocycles. The van der Waals surface area contributed by atoms with Crippen LogP contribution < -0.4 is 0 Å². The summed E-state index contributed by atoms with van der Waals surface area (Å²) >= 11 is 0. The van der Waals surface area contributed by atoms with Crippen molar-refractivity contribution < 1.29 is 106 Å². The zero-order valence-corrected chi connectivity index (χ0v) is 20.0. The second-order valence-corrected chi connectivity index (χ2v) is 9.95. The van der Waals surface area contributed by atoms with Crippen LogP contribution in [0.1, 0.15) is 13.3 Å². The Kier molecular flexibility index (Phi) is 34.0. The molecule has 0 spiro atoms. The van der Waals surface area contributed by atoms with Gasteiger partial charge in [-0.15, -0.1) is 21.0 Å². The molecule has 0 fully saturated rings. The second kappa shape index (κ2) is 22.1. The van der Waals surface area contributed by atoms with Gasteiger partial charge in [0, 0.05) is 0 Å². The SMILES string of the molecule is CCCS(=O)(=O)O.O=P(O)(O)F.O=P(O)(O)F.O=P(O)(O)F.O=P(O)(O)F.O=P(O)(O)F.[LiH]. The minimum absolute atomic E-state index is 0. The third-order valence-electron chi connectivity index (χ3n) is 0.462. The Hall–Kier alpha value is 0.907. The summed E-state index contributed by atoms with van der Waals surface area (Å²) in [5.74, 6) is -0.132. The van der Waals surface area contributed by atoms with Gasteiger partial charge in [0.05, 0.1) is 5.75 Å². The third kappa shape index (κ3) is 1310. The fourth-order valence-corrected chi connectivity index (χ4v) is 0.774. The Morgan fingerprint density at radius 2 is 0.636 bits per heavy atom. The van der Waals surface area contributed by atoms with Crippen LogP contribution in [0.4, 0.5) is 21.0 Å². The zero-order chi connectivity index (χ0) is 28.4. The van der Waals surface area contributed by atoms with E-state index in [0.29, 0.717) is 6.42 Å². The van der Waals surface area contributed by atoms with Gasteiger partial charge in [-0.05, 0) is 6.42 Å². The first kappa shape index (κ1) is 50.7. The van der Waals surface area contributed by atoms with Crippen LogP contribution in [0.3, 0.4) is 0 Å². The van der Waals surface area contributed by atoms with Crippen molar-refractivity contribution in [3.05, 3.63) is 0 Å². The average Bonchev–Trinajstić information content (AvgIpc) is 2.12. The van der Waals surface area contributed by atoms with Gasteiger partial charge in [-0.2, -0.15) is 8.42 Å². The Balaban J connectivity index is -0.0000000491. The fraction of sp³-hybridized carbons (Fsp3) is 1.00. The molecule has 0 atom stereocenters. The van der Waals surface area contributed by atoms with Gasteiger partial charge in [-0.25, -0.2) is 22.8 Å². The summed E-state index contributed by atoms with van der Waals surface area (Å²) in [7, 11) is -29.4. The van der Waals surface area contributed by atoms with Gasteiger partial charge in [0.15, 0.2) is 0 Å². The maximum atomic E-state index is 10.4. The van der Waals surface area contributed by atoms with Crippen molar-refractivity contribution in [3.8, 4) is 0 Å². The van der Waals surface area contributed by atoms with Crippen LogP contribution >= 0.6 is 39.5 Å². The molecule has 33 heavy (non-hydrogen) atoms. The standard InChI is InChI=1S/C3H8O3S.5FH2O3P.Li.H/c1-2-3-7(4,5)6;5*1-5(2,3)4;;/h2-3H2,1H3,(H,4,5,6);5*(H2,2,3,4);;. The molecule has 0 amide bonds. The predicted molar refractivity (Wildman–Crippen MR) is 99.6 cm³/mol. The molecule has 0 unspecified atom stereocenters. The summed E-state index contributed by atoms with van der Waals surface area (Å²) in [6, 6.07) is 0. The van der Waals surface area contributed by atoms with Gasteiger partial charge in [0.1, 0.15) is 0 Å². The summed E-state index contributed by atoms with van der Waals surface area (Å²) in [5.41, 5.74) is 0. The number of hydrogen-bond acceptors (Lipinski definition) is 7. The van der Waals surface area contributed by atoms with Crippen LogP contribution in [-0.4, -0.2) is 86.5 Å². The average molecular weight is 632 g/mol. The topological polar surface area (TPSA) is 342 Å². The molecule has 0 aromatic heterocycles. The van der Waals surface area contributed by atoms with Crippen LogP contribution in [0.25, 0.3) is 0 Å². The Morgan fingerprint density at radius 3 is 0.636 bits per heavy atom. The molecule has 0 aliphatic heterocycles. The van der Waals surface area contributed by atoms with Crippen LogP contribution in [-0.2, 0) is 32.9 Å². The van der Waals surface area contributed by atoms with Crippen LogP contribution in [0, 0.1) is 0 Å². The molecule has 206 valence electrons. The van der Waals surface area contributed by atoms with Crippen LogP contribution in [0.2, 0.25) is 0 Å². The first-order valence-corrected chi connectivity index (χ1v) is 14.9. The summed E-state index contributed by atoms with van der Waals surface area (Å²) in [4.78, 5) is 69.7. The molecular formula is C3H19F5LiO18P5S. The molecule has 0 saturated heterocycles. The molecule has 0 aliphatic rings. The van der Waals surface area contributed by atoms with E-state index in [1.807, 2.05) is 0 Å². The van der Waals surface area contributed by atoms with Crippen molar-refractivity contribution in [2.75, 3.05) is 5.75 Å². The fourth-order valence-electron chi connectivity index (χ4n) is 0.258. The van der Waals surface area contributed by atoms with Crippen molar-refractivity contribution in [1.82, 2.24) is 0 Å². The first-order valence-electron chi connectivity index (χ1n) is 5.77. The monoisotopic (exact) mass is 632 g/mol. The molecular weight excluding hydrogens is 613 g/mol. The van der Waals surface area contributed by atoms with Crippen LogP contribution in [0.15, 0.2) is 0 Å². The van der Waals surface area contributed by atoms with E-state index in [0.717, 1.165) is 0 Å². The summed E-state index contributed by atoms with van der Waals surface area (Å²) in [5, 5.41) is 0. The third-order valence-corrected chi connectivity index (χ3v) is 1.39. The van der Waals surface area contributed by atoms with E-state index in [9.17, 15) is 29.4 Å². The van der Waals surface area contributed by atoms with E-state index in [1.165, 1.54) is 0 Å². The first-order chi connectivity index (χ1) is 13.1. The van der Waals surface area contributed by atoms with Gasteiger partial charge in [0.2, 0.25) is 0 Å². The molecule has 0 aromatic carbocycles. The molecule has 18 nitrogen and oxygen atoms in total. The van der Waals surface area contributed by atoms with Gasteiger partial charge in [-0.1, -0.05) is 6.92 Å². The van der Waals surface area contributed by atoms with Crippen molar-refractivity contribution in [1.29, 1.82) is 0 Å². The van der Waals surface area contributed by atoms with Gasteiger partial charge >= 0.3 is 58.4 Å². The van der Waals surface area contributed by atoms with Crippen molar-refractivity contribution in [2.45, 2.75) is 13.3 Å². The van der Waals surface area contributed by atoms with E-state index in [2.05, 4.69) is 0 Å². The molecule has 0 radical (unpaired) electrons. The summed E-state index contributed by atoms with van der Waals surface area (Å²) < 4.78 is 123. The maximum absolute atomic E-state index is 10.4. The predicted octanol–water partition coefficient (Wildman–Crippen LogP) is -0.121. The van der Waals surface area contributed by atoms with E-state index in [1.54, 1.807) is 6.92 Å². The number of rotatable bonds is 2. The van der Waals surface area contributed by atoms with E-state index >= 15 is 0 Å². The van der Waals surface area contributed by atoms with E-state index in [-0.39, 0.29) is 24.6 Å². The molecule has 0 aliphatic carbocycles. The molecule has 0 aromatic rings. The normalized spacial score (nSPS) is 11.4. The minimum atomic E-state index is -5.14. The number of hydrogen-bond donors (Lipinski definition) is 11. The summed E-state index contributed by atoms with van der Waals surface area (Å²) in [6.07, 6.45) is 0.471. The molecule has 0 rings (SSSR count). The van der Waals surface area contributed by atoms with Crippen molar-refractivity contribution in [3.63, 3.8) is 0 Å². The van der Waals surface area contributed by atoms with E-state index < -0.39 is 49.7 Å². The molecule has 0 heterocycles. The van der Waals surface area contributed by atoms with Crippen LogP contribution in [0.5, 0.6) is 0 Å². The Morgan fingerprint density at radius 1 is 0.545 bits per heavy atom. The van der Waals surface area contributed by atoms with Gasteiger partial charge < -0.3 is 0 Å². The van der Waals surface area contributed by atoms with Gasteiger partial charge in [-0.3, -0.25) is 53.5 Å². The van der Waals surface area contributed by atoms with Crippen molar-refractivity contribution >= 4 is 68.5 Å². The van der Waals surface area contributed by atoms with Gasteiger partial charge in [0.25, 0.3) is 10.1 Å². The second-order valence-electron chi connectivity index (χ2n) is 3.65. The Bertz CT molecular complexity index is 633. The Labute approximate surface area is 193 Å².